The molecule has 1 unspecified atom stereocenters. The van der Waals surface area contributed by atoms with Gasteiger partial charge in [-0.3, -0.25) is 9.59 Å². The fourth-order valence-electron chi connectivity index (χ4n) is 3.64. The minimum absolute atomic E-state index is 0.0727. The minimum atomic E-state index is -0.150. The second-order valence-electron chi connectivity index (χ2n) is 7.13. The lowest BCUT2D eigenvalue weighted by atomic mass is 10.2. The summed E-state index contributed by atoms with van der Waals surface area (Å²) in [5.74, 6) is -0.0184. The van der Waals surface area contributed by atoms with Crippen molar-refractivity contribution < 1.29 is 9.59 Å². The number of rotatable bonds is 6. The summed E-state index contributed by atoms with van der Waals surface area (Å²) in [5, 5.41) is 4.48. The molecular formula is C22H22ClN3O2S. The van der Waals surface area contributed by atoms with Crippen LogP contribution in [0, 0.1) is 0 Å². The first-order chi connectivity index (χ1) is 14.1. The molecule has 7 heteroatoms. The van der Waals surface area contributed by atoms with Crippen LogP contribution in [0.1, 0.15) is 47.1 Å². The number of nitrogens with one attached hydrogen (secondary N) is 1. The second kappa shape index (κ2) is 8.93. The lowest BCUT2D eigenvalue weighted by Gasteiger charge is -2.23. The molecule has 1 aliphatic heterocycles. The molecule has 2 heterocycles. The second-order valence-corrected chi connectivity index (χ2v) is 8.63. The molecule has 29 heavy (non-hydrogen) atoms. The summed E-state index contributed by atoms with van der Waals surface area (Å²) in [6.07, 6.45) is 2.99. The summed E-state index contributed by atoms with van der Waals surface area (Å²) in [6.45, 7) is 1.24. The molecule has 2 aromatic carbocycles. The zero-order chi connectivity index (χ0) is 20.2. The third-order valence-corrected chi connectivity index (χ3v) is 6.52. The molecule has 1 aliphatic rings. The standard InChI is InChI=1S/C22H22ClN3O2S/c23-16-11-9-15(10-12-16)21(28)24-13-3-8-20(27)26-14-4-6-18(26)22-25-17-5-1-2-7-19(17)29-22/h1-2,5,7,9-12,18H,3-4,6,8,13-14H2,(H,24,28). The Balaban J connectivity index is 1.29. The number of carbonyl (C=O) groups excluding carboxylic acids is 2. The summed E-state index contributed by atoms with van der Waals surface area (Å²) in [7, 11) is 0. The van der Waals surface area contributed by atoms with Crippen molar-refractivity contribution >= 4 is 45.0 Å². The highest BCUT2D eigenvalue weighted by Crippen LogP contribution is 2.36. The maximum atomic E-state index is 12.8. The SMILES string of the molecule is O=C(NCCCC(=O)N1CCCC1c1nc2ccccc2s1)c1ccc(Cl)cc1. The molecular weight excluding hydrogens is 406 g/mol. The van der Waals surface area contributed by atoms with Crippen LogP contribution in [0.25, 0.3) is 10.2 Å². The van der Waals surface area contributed by atoms with Crippen LogP contribution >= 0.6 is 22.9 Å². The molecule has 0 spiro atoms. The van der Waals surface area contributed by atoms with E-state index in [1.54, 1.807) is 35.6 Å². The minimum Gasteiger partial charge on any atom is -0.352 e. The number of aromatic nitrogens is 1. The number of fused-ring (bicyclic) bond motifs is 1. The summed E-state index contributed by atoms with van der Waals surface area (Å²) in [6, 6.07) is 14.9. The van der Waals surface area contributed by atoms with E-state index in [0.29, 0.717) is 30.0 Å². The molecule has 1 fully saturated rings. The van der Waals surface area contributed by atoms with Gasteiger partial charge >= 0.3 is 0 Å². The Bertz CT molecular complexity index is 985. The molecule has 0 saturated carbocycles. The van der Waals surface area contributed by atoms with Gasteiger partial charge in [-0.2, -0.15) is 0 Å². The average molecular weight is 428 g/mol. The van der Waals surface area contributed by atoms with Gasteiger partial charge in [-0.25, -0.2) is 4.98 Å². The summed E-state index contributed by atoms with van der Waals surface area (Å²) in [4.78, 5) is 31.6. The van der Waals surface area contributed by atoms with Gasteiger partial charge in [-0.05, 0) is 55.7 Å². The van der Waals surface area contributed by atoms with Crippen molar-refractivity contribution in [2.45, 2.75) is 31.7 Å². The molecule has 1 atom stereocenters. The highest BCUT2D eigenvalue weighted by molar-refractivity contribution is 7.18. The van der Waals surface area contributed by atoms with Gasteiger partial charge in [0, 0.05) is 30.1 Å². The third-order valence-electron chi connectivity index (χ3n) is 5.13. The van der Waals surface area contributed by atoms with E-state index in [4.69, 9.17) is 16.6 Å². The normalized spacial score (nSPS) is 16.3. The molecule has 0 bridgehead atoms. The first-order valence-electron chi connectivity index (χ1n) is 9.80. The first kappa shape index (κ1) is 19.9. The zero-order valence-corrected chi connectivity index (χ0v) is 17.5. The van der Waals surface area contributed by atoms with Crippen molar-refractivity contribution in [1.82, 2.24) is 15.2 Å². The van der Waals surface area contributed by atoms with Crippen LogP contribution < -0.4 is 5.32 Å². The Morgan fingerprint density at radius 2 is 1.97 bits per heavy atom. The molecule has 3 aromatic rings. The van der Waals surface area contributed by atoms with E-state index in [1.807, 2.05) is 23.1 Å². The van der Waals surface area contributed by atoms with Gasteiger partial charge in [0.25, 0.3) is 5.91 Å². The maximum absolute atomic E-state index is 12.8. The number of likely N-dealkylation sites (tertiary alicyclic amines) is 1. The third kappa shape index (κ3) is 4.60. The van der Waals surface area contributed by atoms with Crippen LogP contribution in [0.4, 0.5) is 0 Å². The number of halogens is 1. The van der Waals surface area contributed by atoms with Crippen molar-refractivity contribution in [2.75, 3.05) is 13.1 Å². The van der Waals surface area contributed by atoms with E-state index in [9.17, 15) is 9.59 Å². The van der Waals surface area contributed by atoms with Crippen LogP contribution in [0.2, 0.25) is 5.02 Å². The van der Waals surface area contributed by atoms with Crippen molar-refractivity contribution in [1.29, 1.82) is 0 Å². The average Bonchev–Trinajstić information content (AvgIpc) is 3.38. The van der Waals surface area contributed by atoms with Gasteiger partial charge in [0.1, 0.15) is 5.01 Å². The number of carbonyl (C=O) groups is 2. The smallest absolute Gasteiger partial charge is 0.251 e. The van der Waals surface area contributed by atoms with Crippen LogP contribution in [0.3, 0.4) is 0 Å². The molecule has 2 amide bonds. The van der Waals surface area contributed by atoms with Crippen LogP contribution in [0.5, 0.6) is 0 Å². The first-order valence-corrected chi connectivity index (χ1v) is 11.0. The number of para-hydroxylation sites is 1. The van der Waals surface area contributed by atoms with E-state index >= 15 is 0 Å². The molecule has 5 nitrogen and oxygen atoms in total. The largest absolute Gasteiger partial charge is 0.352 e. The topological polar surface area (TPSA) is 62.3 Å². The Kier molecular flexibility index (Phi) is 6.11. The molecule has 150 valence electrons. The number of amides is 2. The molecule has 1 N–H and O–H groups in total. The summed E-state index contributed by atoms with van der Waals surface area (Å²) >= 11 is 7.52. The van der Waals surface area contributed by atoms with Gasteiger partial charge < -0.3 is 10.2 Å². The molecule has 0 aliphatic carbocycles. The molecule has 1 aromatic heterocycles. The van der Waals surface area contributed by atoms with Gasteiger partial charge in [0.2, 0.25) is 5.91 Å². The van der Waals surface area contributed by atoms with E-state index in [1.165, 1.54) is 0 Å². The van der Waals surface area contributed by atoms with Gasteiger partial charge in [0.05, 0.1) is 16.3 Å². The van der Waals surface area contributed by atoms with Gasteiger partial charge in [0.15, 0.2) is 0 Å². The summed E-state index contributed by atoms with van der Waals surface area (Å²) in [5.41, 5.74) is 1.56. The summed E-state index contributed by atoms with van der Waals surface area (Å²) < 4.78 is 1.16. The van der Waals surface area contributed by atoms with Crippen molar-refractivity contribution in [3.63, 3.8) is 0 Å². The predicted molar refractivity (Wildman–Crippen MR) is 116 cm³/mol. The number of thiazole rings is 1. The lowest BCUT2D eigenvalue weighted by Crippen LogP contribution is -2.31. The van der Waals surface area contributed by atoms with E-state index in [0.717, 1.165) is 34.6 Å². The monoisotopic (exact) mass is 427 g/mol. The Morgan fingerprint density at radius 3 is 2.76 bits per heavy atom. The van der Waals surface area contributed by atoms with Crippen LogP contribution in [-0.2, 0) is 4.79 Å². The lowest BCUT2D eigenvalue weighted by molar-refractivity contribution is -0.132. The van der Waals surface area contributed by atoms with Crippen molar-refractivity contribution in [3.05, 3.63) is 64.1 Å². The number of hydrogen-bond donors (Lipinski definition) is 1. The fourth-order valence-corrected chi connectivity index (χ4v) is 4.88. The van der Waals surface area contributed by atoms with Crippen LogP contribution in [-0.4, -0.2) is 34.8 Å². The van der Waals surface area contributed by atoms with E-state index < -0.39 is 0 Å². The van der Waals surface area contributed by atoms with E-state index in [2.05, 4.69) is 11.4 Å². The highest BCUT2D eigenvalue weighted by atomic mass is 35.5. The highest BCUT2D eigenvalue weighted by Gasteiger charge is 2.31. The zero-order valence-electron chi connectivity index (χ0n) is 15.9. The number of hydrogen-bond acceptors (Lipinski definition) is 4. The predicted octanol–water partition coefficient (Wildman–Crippen LogP) is 4.82. The van der Waals surface area contributed by atoms with Gasteiger partial charge in [-0.1, -0.05) is 23.7 Å². The Morgan fingerprint density at radius 1 is 1.17 bits per heavy atom. The van der Waals surface area contributed by atoms with Crippen molar-refractivity contribution in [2.24, 2.45) is 0 Å². The number of benzene rings is 2. The fraction of sp³-hybridized carbons (Fsp3) is 0.318. The molecule has 1 saturated heterocycles. The van der Waals surface area contributed by atoms with Crippen molar-refractivity contribution in [3.8, 4) is 0 Å². The Hall–Kier alpha value is -2.44. The quantitative estimate of drug-likeness (QED) is 0.573. The Labute approximate surface area is 178 Å². The van der Waals surface area contributed by atoms with Crippen LogP contribution in [0.15, 0.2) is 48.5 Å². The molecule has 4 rings (SSSR count). The maximum Gasteiger partial charge on any atom is 0.251 e. The van der Waals surface area contributed by atoms with E-state index in [-0.39, 0.29) is 17.9 Å². The van der Waals surface area contributed by atoms with Gasteiger partial charge in [-0.15, -0.1) is 11.3 Å². The number of nitrogens with zero attached hydrogens (tertiary/aromatic N) is 2. The molecule has 0 radical (unpaired) electrons.